The molecule has 8 heteroatoms. The monoisotopic (exact) mass is 316 g/mol. The number of benzene rings is 1. The van der Waals surface area contributed by atoms with Gasteiger partial charge in [0.25, 0.3) is 5.56 Å². The first-order chi connectivity index (χ1) is 11.0. The van der Waals surface area contributed by atoms with Gasteiger partial charge < -0.3 is 9.47 Å². The molecule has 1 aromatic carbocycles. The number of imidazole rings is 1. The third-order valence-corrected chi connectivity index (χ3v) is 3.70. The van der Waals surface area contributed by atoms with E-state index in [1.54, 1.807) is 32.3 Å². The Hall–Kier alpha value is -3.03. The molecule has 0 fully saturated rings. The Morgan fingerprint density at radius 1 is 0.957 bits per heavy atom. The fourth-order valence-electron chi connectivity index (χ4n) is 2.39. The van der Waals surface area contributed by atoms with Crippen molar-refractivity contribution in [3.05, 3.63) is 45.1 Å². The molecule has 0 spiro atoms. The lowest BCUT2D eigenvalue weighted by atomic mass is 10.3. The number of nitrogens with zero attached hydrogens (tertiary/aromatic N) is 4. The second-order valence-electron chi connectivity index (χ2n) is 5.08. The minimum absolute atomic E-state index is 0.197. The van der Waals surface area contributed by atoms with Gasteiger partial charge in [0.1, 0.15) is 0 Å². The van der Waals surface area contributed by atoms with Gasteiger partial charge in [-0.25, -0.2) is 4.79 Å². The summed E-state index contributed by atoms with van der Waals surface area (Å²) in [6.07, 6.45) is 0. The highest BCUT2D eigenvalue weighted by molar-refractivity contribution is 5.71. The van der Waals surface area contributed by atoms with E-state index < -0.39 is 11.2 Å². The number of hydrogen-bond acceptors (Lipinski definition) is 5. The van der Waals surface area contributed by atoms with Crippen LogP contribution in [0.1, 0.15) is 0 Å². The molecular formula is C15H16N4O4. The van der Waals surface area contributed by atoms with Crippen molar-refractivity contribution in [2.24, 2.45) is 21.1 Å². The zero-order valence-corrected chi connectivity index (χ0v) is 13.2. The molecule has 2 heterocycles. The van der Waals surface area contributed by atoms with Gasteiger partial charge in [-0.3, -0.25) is 18.5 Å². The fraction of sp³-hybridized carbons (Fsp3) is 0.267. The third kappa shape index (κ3) is 2.19. The zero-order chi connectivity index (χ0) is 16.7. The summed E-state index contributed by atoms with van der Waals surface area (Å²) in [6, 6.07) is 7.31. The molecule has 2 aromatic heterocycles. The van der Waals surface area contributed by atoms with Gasteiger partial charge in [-0.15, -0.1) is 0 Å². The molecule has 0 aliphatic heterocycles. The van der Waals surface area contributed by atoms with Gasteiger partial charge in [-0.05, 0) is 12.1 Å². The van der Waals surface area contributed by atoms with Crippen LogP contribution >= 0.6 is 0 Å². The summed E-state index contributed by atoms with van der Waals surface area (Å²) < 4.78 is 14.9. The molecule has 8 nitrogen and oxygen atoms in total. The van der Waals surface area contributed by atoms with Crippen molar-refractivity contribution in [3.8, 4) is 17.5 Å². The molecule has 0 N–H and O–H groups in total. The maximum Gasteiger partial charge on any atom is 0.332 e. The van der Waals surface area contributed by atoms with Crippen molar-refractivity contribution in [3.63, 3.8) is 0 Å². The van der Waals surface area contributed by atoms with E-state index >= 15 is 0 Å². The molecule has 3 aromatic rings. The van der Waals surface area contributed by atoms with Gasteiger partial charge >= 0.3 is 11.7 Å². The second kappa shape index (κ2) is 5.31. The second-order valence-corrected chi connectivity index (χ2v) is 5.08. The highest BCUT2D eigenvalue weighted by Crippen LogP contribution is 2.30. The van der Waals surface area contributed by atoms with E-state index in [9.17, 15) is 9.59 Å². The van der Waals surface area contributed by atoms with E-state index in [1.165, 1.54) is 23.3 Å². The number of ether oxygens (including phenoxy) is 2. The average Bonchev–Trinajstić information content (AvgIpc) is 2.88. The number of fused-ring (bicyclic) bond motifs is 1. The smallest absolute Gasteiger partial charge is 0.332 e. The predicted molar refractivity (Wildman–Crippen MR) is 84.3 cm³/mol. The fourth-order valence-corrected chi connectivity index (χ4v) is 2.39. The summed E-state index contributed by atoms with van der Waals surface area (Å²) in [4.78, 5) is 28.6. The molecule has 23 heavy (non-hydrogen) atoms. The molecule has 0 atom stereocenters. The van der Waals surface area contributed by atoms with Crippen LogP contribution in [0.15, 0.2) is 33.9 Å². The summed E-state index contributed by atoms with van der Waals surface area (Å²) >= 11 is 0. The van der Waals surface area contributed by atoms with Gasteiger partial charge in [0.05, 0.1) is 7.11 Å². The number of aromatic nitrogens is 4. The SMILES string of the molecule is COc1ccccc1Oc1nc2c(c(=O)n(C)c(=O)n2C)n1C. The number of rotatable bonds is 3. The van der Waals surface area contributed by atoms with Crippen LogP contribution in [0.2, 0.25) is 0 Å². The van der Waals surface area contributed by atoms with E-state index in [0.717, 1.165) is 4.57 Å². The zero-order valence-electron chi connectivity index (χ0n) is 13.2. The van der Waals surface area contributed by atoms with Gasteiger partial charge in [-0.1, -0.05) is 12.1 Å². The molecule has 0 saturated carbocycles. The molecular weight excluding hydrogens is 300 g/mol. The quantitative estimate of drug-likeness (QED) is 0.713. The largest absolute Gasteiger partial charge is 0.493 e. The Morgan fingerprint density at radius 2 is 1.61 bits per heavy atom. The van der Waals surface area contributed by atoms with Crippen molar-refractivity contribution in [2.75, 3.05) is 7.11 Å². The average molecular weight is 316 g/mol. The number of para-hydroxylation sites is 2. The molecule has 0 amide bonds. The van der Waals surface area contributed by atoms with E-state index in [-0.39, 0.29) is 11.7 Å². The van der Waals surface area contributed by atoms with Gasteiger partial charge in [0.15, 0.2) is 22.7 Å². The first kappa shape index (κ1) is 14.9. The van der Waals surface area contributed by atoms with Crippen molar-refractivity contribution < 1.29 is 9.47 Å². The van der Waals surface area contributed by atoms with Crippen molar-refractivity contribution in [1.82, 2.24) is 18.7 Å². The lowest BCUT2D eigenvalue weighted by Gasteiger charge is -2.08. The molecule has 3 rings (SSSR count). The van der Waals surface area contributed by atoms with Crippen LogP contribution in [-0.4, -0.2) is 25.8 Å². The highest BCUT2D eigenvalue weighted by Gasteiger charge is 2.19. The molecule has 120 valence electrons. The highest BCUT2D eigenvalue weighted by atomic mass is 16.5. The normalized spacial score (nSPS) is 11.0. The topological polar surface area (TPSA) is 80.3 Å². The van der Waals surface area contributed by atoms with Gasteiger partial charge in [-0.2, -0.15) is 4.98 Å². The number of hydrogen-bond donors (Lipinski definition) is 0. The van der Waals surface area contributed by atoms with E-state index in [4.69, 9.17) is 9.47 Å². The minimum atomic E-state index is -0.440. The molecule has 0 radical (unpaired) electrons. The summed E-state index contributed by atoms with van der Waals surface area (Å²) in [6.45, 7) is 0. The molecule has 0 unspecified atom stereocenters. The van der Waals surface area contributed by atoms with E-state index in [2.05, 4.69) is 4.98 Å². The van der Waals surface area contributed by atoms with Crippen LogP contribution < -0.4 is 20.7 Å². The molecule has 0 aliphatic rings. The number of aryl methyl sites for hydroxylation is 2. The van der Waals surface area contributed by atoms with Crippen LogP contribution in [0.25, 0.3) is 11.2 Å². The van der Waals surface area contributed by atoms with Gasteiger partial charge in [0.2, 0.25) is 0 Å². The first-order valence-electron chi connectivity index (χ1n) is 6.89. The Morgan fingerprint density at radius 3 is 2.26 bits per heavy atom. The van der Waals surface area contributed by atoms with Crippen molar-refractivity contribution >= 4 is 11.2 Å². The lowest BCUT2D eigenvalue weighted by Crippen LogP contribution is -2.37. The summed E-state index contributed by atoms with van der Waals surface area (Å²) in [5, 5.41) is 0. The minimum Gasteiger partial charge on any atom is -0.493 e. The Labute approximate surface area is 131 Å². The maximum absolute atomic E-state index is 12.3. The van der Waals surface area contributed by atoms with Crippen molar-refractivity contribution in [2.45, 2.75) is 0 Å². The Bertz CT molecular complexity index is 1010. The number of methoxy groups -OCH3 is 1. The Balaban J connectivity index is 2.23. The third-order valence-electron chi connectivity index (χ3n) is 3.70. The summed E-state index contributed by atoms with van der Waals surface area (Å²) in [5.74, 6) is 1.01. The molecule has 0 aliphatic carbocycles. The lowest BCUT2D eigenvalue weighted by molar-refractivity contribution is 0.363. The van der Waals surface area contributed by atoms with Crippen LogP contribution in [0.3, 0.4) is 0 Å². The molecule has 0 saturated heterocycles. The standard InChI is InChI=1S/C15H16N4O4/c1-17-11-12(18(2)15(21)19(3)13(11)20)16-14(17)23-10-8-6-5-7-9(10)22-4/h5-8H,1-4H3. The summed E-state index contributed by atoms with van der Waals surface area (Å²) in [5.41, 5.74) is -0.303. The predicted octanol–water partition coefficient (Wildman–Crippen LogP) is 0.772. The summed E-state index contributed by atoms with van der Waals surface area (Å²) in [7, 11) is 6.18. The Kier molecular flexibility index (Phi) is 3.44. The van der Waals surface area contributed by atoms with E-state index in [0.29, 0.717) is 17.0 Å². The van der Waals surface area contributed by atoms with Crippen LogP contribution in [0.4, 0.5) is 0 Å². The van der Waals surface area contributed by atoms with Gasteiger partial charge in [0, 0.05) is 21.1 Å². The van der Waals surface area contributed by atoms with Crippen LogP contribution in [0, 0.1) is 0 Å². The van der Waals surface area contributed by atoms with Crippen LogP contribution in [-0.2, 0) is 21.1 Å². The van der Waals surface area contributed by atoms with Crippen LogP contribution in [0.5, 0.6) is 17.5 Å². The molecule has 0 bridgehead atoms. The van der Waals surface area contributed by atoms with E-state index in [1.807, 2.05) is 6.07 Å². The first-order valence-corrected chi connectivity index (χ1v) is 6.89. The maximum atomic E-state index is 12.3. The van der Waals surface area contributed by atoms with Crippen molar-refractivity contribution in [1.29, 1.82) is 0 Å².